The number of rotatable bonds is 2. The summed E-state index contributed by atoms with van der Waals surface area (Å²) in [5.74, 6) is 0.164. The van der Waals surface area contributed by atoms with Crippen molar-refractivity contribution in [3.8, 4) is 11.4 Å². The van der Waals surface area contributed by atoms with Crippen LogP contribution in [-0.4, -0.2) is 25.9 Å². The first-order chi connectivity index (χ1) is 12.0. The van der Waals surface area contributed by atoms with Gasteiger partial charge in [-0.2, -0.15) is 0 Å². The second-order valence-electron chi connectivity index (χ2n) is 5.79. The predicted molar refractivity (Wildman–Crippen MR) is 93.0 cm³/mol. The molecule has 6 heteroatoms. The number of sulfone groups is 1. The number of hydrogen-bond acceptors (Lipinski definition) is 4. The van der Waals surface area contributed by atoms with Crippen molar-refractivity contribution in [3.05, 3.63) is 78.1 Å². The van der Waals surface area contributed by atoms with Crippen LogP contribution in [0.25, 0.3) is 5.69 Å². The molecular weight excluding hydrogens is 338 g/mol. The quantitative estimate of drug-likeness (QED) is 0.710. The Morgan fingerprint density at radius 1 is 0.960 bits per heavy atom. The molecule has 0 fully saturated rings. The number of para-hydroxylation sites is 1. The zero-order valence-corrected chi connectivity index (χ0v) is 14.2. The number of benzene rings is 2. The maximum absolute atomic E-state index is 13.3. The van der Waals surface area contributed by atoms with E-state index in [0.29, 0.717) is 22.7 Å². The summed E-state index contributed by atoms with van der Waals surface area (Å²) >= 11 is 0. The second-order valence-corrected chi connectivity index (χ2v) is 7.79. The highest BCUT2D eigenvalue weighted by molar-refractivity contribution is 7.92. The van der Waals surface area contributed by atoms with Gasteiger partial charge in [-0.15, -0.1) is 0 Å². The molecule has 0 aliphatic carbocycles. The zero-order chi connectivity index (χ0) is 17.6. The average Bonchev–Trinajstić information content (AvgIpc) is 3.09. The van der Waals surface area contributed by atoms with Crippen molar-refractivity contribution >= 4 is 15.6 Å². The summed E-state index contributed by atoms with van der Waals surface area (Å²) in [6.45, 7) is 0. The number of aromatic nitrogens is 1. The summed E-state index contributed by atoms with van der Waals surface area (Å²) in [5, 5.41) is -1.28. The number of ketones is 1. The van der Waals surface area contributed by atoms with E-state index in [9.17, 15) is 13.2 Å². The summed E-state index contributed by atoms with van der Waals surface area (Å²) in [7, 11) is -2.36. The first-order valence-corrected chi connectivity index (χ1v) is 9.27. The van der Waals surface area contributed by atoms with Crippen molar-refractivity contribution in [3.63, 3.8) is 0 Å². The topological polar surface area (TPSA) is 65.4 Å². The highest BCUT2D eigenvalue weighted by atomic mass is 32.2. The molecule has 0 N–H and O–H groups in total. The minimum Gasteiger partial charge on any atom is -0.497 e. The maximum atomic E-state index is 13.3. The fourth-order valence-corrected chi connectivity index (χ4v) is 5.10. The van der Waals surface area contributed by atoms with Gasteiger partial charge in [0.15, 0.2) is 15.1 Å². The first-order valence-electron chi connectivity index (χ1n) is 7.73. The van der Waals surface area contributed by atoms with Crippen LogP contribution in [0.2, 0.25) is 0 Å². The van der Waals surface area contributed by atoms with Gasteiger partial charge in [0.1, 0.15) is 5.75 Å². The van der Waals surface area contributed by atoms with Crippen molar-refractivity contribution in [2.45, 2.75) is 10.1 Å². The minimum atomic E-state index is -3.89. The number of carbonyl (C=O) groups is 1. The highest BCUT2D eigenvalue weighted by Crippen LogP contribution is 2.39. The van der Waals surface area contributed by atoms with Crippen LogP contribution in [0, 0.1) is 0 Å². The first kappa shape index (κ1) is 15.7. The summed E-state index contributed by atoms with van der Waals surface area (Å²) < 4.78 is 33.3. The molecule has 1 unspecified atom stereocenters. The molecule has 126 valence electrons. The molecule has 0 bridgehead atoms. The van der Waals surface area contributed by atoms with Gasteiger partial charge in [0, 0.05) is 6.20 Å². The molecule has 3 aromatic rings. The van der Waals surface area contributed by atoms with Crippen molar-refractivity contribution in [2.75, 3.05) is 7.11 Å². The smallest absolute Gasteiger partial charge is 0.202 e. The number of carbonyl (C=O) groups excluding carboxylic acids is 1. The number of hydrogen-bond donors (Lipinski definition) is 0. The fraction of sp³-hybridized carbons (Fsp3) is 0.105. The molecule has 1 atom stereocenters. The van der Waals surface area contributed by atoms with Gasteiger partial charge in [-0.25, -0.2) is 8.42 Å². The zero-order valence-electron chi connectivity index (χ0n) is 13.4. The molecule has 0 spiro atoms. The van der Waals surface area contributed by atoms with Gasteiger partial charge in [-0.05, 0) is 42.0 Å². The SMILES string of the molecule is COc1ccc(C2C(=O)c3cccn3-c3ccccc3S2(=O)=O)cc1. The van der Waals surface area contributed by atoms with Crippen LogP contribution in [-0.2, 0) is 9.84 Å². The van der Waals surface area contributed by atoms with Gasteiger partial charge >= 0.3 is 0 Å². The van der Waals surface area contributed by atoms with Crippen LogP contribution in [0.15, 0.2) is 71.8 Å². The largest absolute Gasteiger partial charge is 0.497 e. The third-order valence-electron chi connectivity index (χ3n) is 4.40. The lowest BCUT2D eigenvalue weighted by Crippen LogP contribution is -2.21. The molecule has 2 heterocycles. The normalized spacial score (nSPS) is 18.1. The van der Waals surface area contributed by atoms with E-state index in [-0.39, 0.29) is 4.90 Å². The van der Waals surface area contributed by atoms with Crippen molar-refractivity contribution in [2.24, 2.45) is 0 Å². The third-order valence-corrected chi connectivity index (χ3v) is 6.46. The van der Waals surface area contributed by atoms with E-state index in [0.717, 1.165) is 0 Å². The molecular formula is C19H15NO4S. The monoisotopic (exact) mass is 353 g/mol. The van der Waals surface area contributed by atoms with Gasteiger partial charge < -0.3 is 9.30 Å². The van der Waals surface area contributed by atoms with E-state index in [1.165, 1.54) is 7.11 Å². The van der Waals surface area contributed by atoms with E-state index in [2.05, 4.69) is 0 Å². The van der Waals surface area contributed by atoms with Crippen LogP contribution in [0.3, 0.4) is 0 Å². The molecule has 0 saturated carbocycles. The Balaban J connectivity index is 2.01. The Labute approximate surface area is 145 Å². The van der Waals surface area contributed by atoms with Crippen molar-refractivity contribution in [1.82, 2.24) is 4.57 Å². The van der Waals surface area contributed by atoms with Crippen LogP contribution in [0.1, 0.15) is 21.3 Å². The molecule has 0 amide bonds. The summed E-state index contributed by atoms with van der Waals surface area (Å²) in [5.41, 5.74) is 1.27. The number of methoxy groups -OCH3 is 1. The molecule has 5 nitrogen and oxygen atoms in total. The molecule has 2 aromatic carbocycles. The van der Waals surface area contributed by atoms with Crippen LogP contribution in [0.5, 0.6) is 5.75 Å². The Bertz CT molecular complexity index is 1060. The molecule has 1 aromatic heterocycles. The molecule has 0 radical (unpaired) electrons. The minimum absolute atomic E-state index is 0.152. The highest BCUT2D eigenvalue weighted by Gasteiger charge is 2.41. The van der Waals surface area contributed by atoms with Gasteiger partial charge in [-0.3, -0.25) is 4.79 Å². The van der Waals surface area contributed by atoms with E-state index in [1.807, 2.05) is 0 Å². The molecule has 4 rings (SSSR count). The van der Waals surface area contributed by atoms with E-state index < -0.39 is 20.9 Å². The molecule has 1 aliphatic rings. The van der Waals surface area contributed by atoms with Gasteiger partial charge in [-0.1, -0.05) is 24.3 Å². The Hall–Kier alpha value is -2.86. The number of nitrogens with zero attached hydrogens (tertiary/aromatic N) is 1. The maximum Gasteiger partial charge on any atom is 0.202 e. The fourth-order valence-electron chi connectivity index (χ4n) is 3.20. The van der Waals surface area contributed by atoms with E-state index >= 15 is 0 Å². The number of Topliss-reactive ketones (excluding diaryl/α,β-unsaturated/α-hetero) is 1. The lowest BCUT2D eigenvalue weighted by Gasteiger charge is -2.15. The molecule has 0 saturated heterocycles. The van der Waals surface area contributed by atoms with Crippen LogP contribution < -0.4 is 4.74 Å². The molecule has 25 heavy (non-hydrogen) atoms. The van der Waals surface area contributed by atoms with Crippen molar-refractivity contribution < 1.29 is 17.9 Å². The van der Waals surface area contributed by atoms with Gasteiger partial charge in [0.05, 0.1) is 23.4 Å². The van der Waals surface area contributed by atoms with Gasteiger partial charge in [0.2, 0.25) is 5.78 Å². The summed E-state index contributed by atoms with van der Waals surface area (Å²) in [6, 6.07) is 16.6. The third kappa shape index (κ3) is 2.29. The van der Waals surface area contributed by atoms with E-state index in [4.69, 9.17) is 4.74 Å². The predicted octanol–water partition coefficient (Wildman–Crippen LogP) is 3.20. The van der Waals surface area contributed by atoms with Crippen LogP contribution >= 0.6 is 0 Å². The van der Waals surface area contributed by atoms with E-state index in [1.54, 1.807) is 71.4 Å². The Morgan fingerprint density at radius 2 is 1.68 bits per heavy atom. The summed E-state index contributed by atoms with van der Waals surface area (Å²) in [6.07, 6.45) is 1.71. The Morgan fingerprint density at radius 3 is 2.40 bits per heavy atom. The van der Waals surface area contributed by atoms with Gasteiger partial charge in [0.25, 0.3) is 0 Å². The second kappa shape index (κ2) is 5.60. The average molecular weight is 353 g/mol. The number of ether oxygens (including phenoxy) is 1. The van der Waals surface area contributed by atoms with Crippen molar-refractivity contribution in [1.29, 1.82) is 0 Å². The lowest BCUT2D eigenvalue weighted by molar-refractivity contribution is 0.0981. The molecule has 1 aliphatic heterocycles. The number of fused-ring (bicyclic) bond motifs is 3. The lowest BCUT2D eigenvalue weighted by atomic mass is 10.1. The summed E-state index contributed by atoms with van der Waals surface area (Å²) in [4.78, 5) is 13.3. The van der Waals surface area contributed by atoms with Crippen LogP contribution in [0.4, 0.5) is 0 Å². The standard InChI is InChI=1S/C19H15NO4S/c1-24-14-10-8-13(9-11-14)19-18(21)16-6-4-12-20(16)15-5-2-3-7-17(15)25(19,22)23/h2-12,19H,1H3. The Kier molecular flexibility index (Phi) is 3.51.